The highest BCUT2D eigenvalue weighted by Crippen LogP contribution is 2.05. The first-order chi connectivity index (χ1) is 10.5. The molecule has 0 fully saturated rings. The van der Waals surface area contributed by atoms with Gasteiger partial charge in [0.15, 0.2) is 0 Å². The van der Waals surface area contributed by atoms with E-state index >= 15 is 0 Å². The van der Waals surface area contributed by atoms with Crippen molar-refractivity contribution in [3.8, 4) is 0 Å². The highest BCUT2D eigenvalue weighted by Gasteiger charge is 2.15. The lowest BCUT2D eigenvalue weighted by atomic mass is 9.79. The van der Waals surface area contributed by atoms with Crippen LogP contribution in [-0.2, 0) is 11.3 Å². The van der Waals surface area contributed by atoms with Crippen LogP contribution in [0.25, 0.3) is 0 Å². The summed E-state index contributed by atoms with van der Waals surface area (Å²) in [5.41, 5.74) is 1.31. The number of esters is 1. The zero-order valence-corrected chi connectivity index (χ0v) is 11.6. The second kappa shape index (κ2) is 7.24. The quantitative estimate of drug-likeness (QED) is 0.391. The molecule has 112 valence electrons. The van der Waals surface area contributed by atoms with E-state index in [1.807, 2.05) is 0 Å². The van der Waals surface area contributed by atoms with Gasteiger partial charge in [-0.1, -0.05) is 36.4 Å². The van der Waals surface area contributed by atoms with Gasteiger partial charge in [0.05, 0.1) is 5.56 Å². The minimum atomic E-state index is -1.66. The van der Waals surface area contributed by atoms with E-state index in [0.717, 1.165) is 0 Å². The highest BCUT2D eigenvalue weighted by molar-refractivity contribution is 6.59. The molecule has 8 heteroatoms. The van der Waals surface area contributed by atoms with Crippen LogP contribution in [0.4, 0.5) is 0 Å². The van der Waals surface area contributed by atoms with Gasteiger partial charge < -0.3 is 24.8 Å². The Kier molecular flexibility index (Phi) is 5.35. The fourth-order valence-electron chi connectivity index (χ4n) is 1.90. The van der Waals surface area contributed by atoms with Crippen LogP contribution in [-0.4, -0.2) is 40.3 Å². The third-order valence-corrected chi connectivity index (χ3v) is 3.04. The number of rotatable bonds is 5. The number of ether oxygens (including phenoxy) is 1. The molecular weight excluding hydrogens is 286 g/mol. The second-order valence-electron chi connectivity index (χ2n) is 4.69. The van der Waals surface area contributed by atoms with Crippen LogP contribution in [0, 0.1) is 0 Å². The van der Waals surface area contributed by atoms with E-state index in [-0.39, 0.29) is 17.6 Å². The SMILES string of the molecule is O=C(OCc1cccc(B(O)O)c1)c1cccc(B(O)O)c1. The molecule has 0 aliphatic carbocycles. The van der Waals surface area contributed by atoms with Crippen molar-refractivity contribution in [2.24, 2.45) is 0 Å². The molecule has 4 N–H and O–H groups in total. The number of hydrogen-bond donors (Lipinski definition) is 4. The summed E-state index contributed by atoms with van der Waals surface area (Å²) >= 11 is 0. The summed E-state index contributed by atoms with van der Waals surface area (Å²) in [4.78, 5) is 11.9. The molecule has 22 heavy (non-hydrogen) atoms. The number of carbonyl (C=O) groups excluding carboxylic acids is 1. The van der Waals surface area contributed by atoms with Gasteiger partial charge in [-0.2, -0.15) is 0 Å². The molecule has 2 aromatic carbocycles. The minimum absolute atomic E-state index is 0.0364. The summed E-state index contributed by atoms with van der Waals surface area (Å²) < 4.78 is 5.12. The van der Waals surface area contributed by atoms with Crippen LogP contribution >= 0.6 is 0 Å². The van der Waals surface area contributed by atoms with Gasteiger partial charge in [0.2, 0.25) is 0 Å². The largest absolute Gasteiger partial charge is 0.488 e. The monoisotopic (exact) mass is 300 g/mol. The Labute approximate surface area is 127 Å². The number of hydrogen-bond acceptors (Lipinski definition) is 6. The average Bonchev–Trinajstić information content (AvgIpc) is 2.53. The second-order valence-corrected chi connectivity index (χ2v) is 4.69. The van der Waals surface area contributed by atoms with Crippen molar-refractivity contribution in [3.05, 3.63) is 59.7 Å². The van der Waals surface area contributed by atoms with Gasteiger partial charge in [-0.3, -0.25) is 0 Å². The zero-order chi connectivity index (χ0) is 16.1. The molecule has 0 amide bonds. The fraction of sp³-hybridized carbons (Fsp3) is 0.0714. The van der Waals surface area contributed by atoms with E-state index in [2.05, 4.69) is 0 Å². The molecule has 0 saturated heterocycles. The minimum Gasteiger partial charge on any atom is -0.457 e. The van der Waals surface area contributed by atoms with Gasteiger partial charge in [0.1, 0.15) is 6.61 Å². The van der Waals surface area contributed by atoms with E-state index in [1.54, 1.807) is 18.2 Å². The molecule has 0 radical (unpaired) electrons. The van der Waals surface area contributed by atoms with Crippen molar-refractivity contribution in [2.75, 3.05) is 0 Å². The molecule has 0 aromatic heterocycles. The third kappa shape index (κ3) is 4.19. The van der Waals surface area contributed by atoms with E-state index in [0.29, 0.717) is 11.0 Å². The normalized spacial score (nSPS) is 10.2. The first kappa shape index (κ1) is 16.3. The lowest BCUT2D eigenvalue weighted by Crippen LogP contribution is -2.30. The zero-order valence-electron chi connectivity index (χ0n) is 11.6. The first-order valence-electron chi connectivity index (χ1n) is 6.55. The Morgan fingerprint density at radius 1 is 0.909 bits per heavy atom. The van der Waals surface area contributed by atoms with Crippen LogP contribution in [0.5, 0.6) is 0 Å². The predicted octanol–water partition coefficient (Wildman–Crippen LogP) is -1.60. The van der Waals surface area contributed by atoms with Crippen LogP contribution in [0.1, 0.15) is 15.9 Å². The van der Waals surface area contributed by atoms with Gasteiger partial charge in [-0.15, -0.1) is 0 Å². The van der Waals surface area contributed by atoms with Crippen molar-refractivity contribution in [3.63, 3.8) is 0 Å². The fourth-order valence-corrected chi connectivity index (χ4v) is 1.90. The number of benzene rings is 2. The van der Waals surface area contributed by atoms with Crippen LogP contribution in [0.2, 0.25) is 0 Å². The molecule has 0 heterocycles. The predicted molar refractivity (Wildman–Crippen MR) is 81.7 cm³/mol. The van der Waals surface area contributed by atoms with Gasteiger partial charge in [0, 0.05) is 0 Å². The maximum absolute atomic E-state index is 11.9. The van der Waals surface area contributed by atoms with E-state index in [1.165, 1.54) is 30.3 Å². The molecule has 0 unspecified atom stereocenters. The van der Waals surface area contributed by atoms with Gasteiger partial charge in [-0.05, 0) is 28.6 Å². The lowest BCUT2D eigenvalue weighted by molar-refractivity contribution is 0.0473. The molecule has 0 atom stereocenters. The Hall–Kier alpha value is -2.12. The van der Waals surface area contributed by atoms with Crippen molar-refractivity contribution in [1.82, 2.24) is 0 Å². The molecular formula is C14H14B2O6. The van der Waals surface area contributed by atoms with Gasteiger partial charge in [0.25, 0.3) is 0 Å². The van der Waals surface area contributed by atoms with Crippen LogP contribution in [0.3, 0.4) is 0 Å². The van der Waals surface area contributed by atoms with E-state index in [4.69, 9.17) is 24.8 Å². The summed E-state index contributed by atoms with van der Waals surface area (Å²) in [6.07, 6.45) is 0. The van der Waals surface area contributed by atoms with Crippen molar-refractivity contribution in [1.29, 1.82) is 0 Å². The topological polar surface area (TPSA) is 107 Å². The third-order valence-electron chi connectivity index (χ3n) is 3.04. The van der Waals surface area contributed by atoms with Crippen LogP contribution in [0.15, 0.2) is 48.5 Å². The Morgan fingerprint density at radius 3 is 2.14 bits per heavy atom. The van der Waals surface area contributed by atoms with Crippen molar-refractivity contribution in [2.45, 2.75) is 6.61 Å². The maximum Gasteiger partial charge on any atom is 0.488 e. The summed E-state index contributed by atoms with van der Waals surface area (Å²) in [6, 6.07) is 12.2. The molecule has 0 saturated carbocycles. The smallest absolute Gasteiger partial charge is 0.457 e. The standard InChI is InChI=1S/C14H14B2O6/c17-14(11-4-2-6-13(8-11)16(20)21)22-9-10-3-1-5-12(7-10)15(18)19/h1-8,18-21H,9H2. The number of carbonyl (C=O) groups is 1. The van der Waals surface area contributed by atoms with Crippen molar-refractivity contribution < 1.29 is 29.6 Å². The molecule has 0 bridgehead atoms. The summed E-state index contributed by atoms with van der Waals surface area (Å²) in [7, 11) is -3.24. The van der Waals surface area contributed by atoms with Crippen molar-refractivity contribution >= 4 is 31.1 Å². The Bertz CT molecular complexity index is 659. The lowest BCUT2D eigenvalue weighted by Gasteiger charge is -2.08. The molecule has 2 rings (SSSR count). The summed E-state index contributed by atoms with van der Waals surface area (Å²) in [6.45, 7) is -0.0364. The van der Waals surface area contributed by atoms with E-state index < -0.39 is 20.2 Å². The summed E-state index contributed by atoms with van der Waals surface area (Å²) in [5.74, 6) is -0.613. The Morgan fingerprint density at radius 2 is 1.50 bits per heavy atom. The summed E-state index contributed by atoms with van der Waals surface area (Å²) in [5, 5.41) is 36.3. The molecule has 0 aliphatic rings. The Balaban J connectivity index is 2.04. The first-order valence-corrected chi connectivity index (χ1v) is 6.55. The molecule has 6 nitrogen and oxygen atoms in total. The molecule has 0 aliphatic heterocycles. The maximum atomic E-state index is 11.9. The molecule has 0 spiro atoms. The van der Waals surface area contributed by atoms with Gasteiger partial charge >= 0.3 is 20.2 Å². The molecule has 2 aromatic rings. The van der Waals surface area contributed by atoms with Crippen LogP contribution < -0.4 is 10.9 Å². The highest BCUT2D eigenvalue weighted by atomic mass is 16.5. The van der Waals surface area contributed by atoms with E-state index in [9.17, 15) is 4.79 Å². The average molecular weight is 300 g/mol. The van der Waals surface area contributed by atoms with Gasteiger partial charge in [-0.25, -0.2) is 4.79 Å².